The van der Waals surface area contributed by atoms with Gasteiger partial charge in [-0.25, -0.2) is 8.78 Å². The summed E-state index contributed by atoms with van der Waals surface area (Å²) >= 11 is 0. The van der Waals surface area contributed by atoms with E-state index in [2.05, 4.69) is 0 Å². The molecule has 104 valence electrons. The Bertz CT molecular complexity index is 638. The number of carboxylic acids is 1. The molecular weight excluding hydrogens is 262 g/mol. The first-order valence-corrected chi connectivity index (χ1v) is 6.20. The Labute approximate surface area is 115 Å². The Hall–Kier alpha value is -2.23. The molecule has 2 rings (SSSR count). The van der Waals surface area contributed by atoms with Gasteiger partial charge in [0.05, 0.1) is 5.92 Å². The van der Waals surface area contributed by atoms with Crippen molar-refractivity contribution in [2.45, 2.75) is 19.3 Å². The van der Waals surface area contributed by atoms with Crippen molar-refractivity contribution in [3.05, 3.63) is 70.8 Å². The van der Waals surface area contributed by atoms with Crippen LogP contribution in [0.1, 0.15) is 22.6 Å². The molecule has 0 bridgehead atoms. The third-order valence-corrected chi connectivity index (χ3v) is 3.28. The molecule has 1 atom stereocenters. The first kappa shape index (κ1) is 14.2. The zero-order valence-corrected chi connectivity index (χ0v) is 10.9. The van der Waals surface area contributed by atoms with Crippen LogP contribution in [0.2, 0.25) is 0 Å². The topological polar surface area (TPSA) is 37.3 Å². The Balaban J connectivity index is 2.35. The SMILES string of the molecule is Cc1ccc(F)cc1CC(C(=O)O)c1cccc(F)c1. The molecule has 0 aliphatic carbocycles. The number of rotatable bonds is 4. The molecule has 0 aliphatic rings. The van der Waals surface area contributed by atoms with Crippen LogP contribution in [-0.4, -0.2) is 11.1 Å². The molecule has 0 spiro atoms. The van der Waals surface area contributed by atoms with E-state index in [1.165, 1.54) is 30.3 Å². The average molecular weight is 276 g/mol. The first-order chi connectivity index (χ1) is 9.47. The van der Waals surface area contributed by atoms with Crippen molar-refractivity contribution in [2.24, 2.45) is 0 Å². The van der Waals surface area contributed by atoms with E-state index in [-0.39, 0.29) is 6.42 Å². The van der Waals surface area contributed by atoms with E-state index in [0.717, 1.165) is 5.56 Å². The fraction of sp³-hybridized carbons (Fsp3) is 0.188. The minimum atomic E-state index is -1.06. The lowest BCUT2D eigenvalue weighted by atomic mass is 9.90. The highest BCUT2D eigenvalue weighted by Gasteiger charge is 2.21. The average Bonchev–Trinajstić information content (AvgIpc) is 2.39. The molecule has 0 radical (unpaired) electrons. The Kier molecular flexibility index (Phi) is 4.13. The van der Waals surface area contributed by atoms with E-state index in [4.69, 9.17) is 0 Å². The smallest absolute Gasteiger partial charge is 0.311 e. The van der Waals surface area contributed by atoms with Gasteiger partial charge in [-0.15, -0.1) is 0 Å². The van der Waals surface area contributed by atoms with Crippen molar-refractivity contribution in [2.75, 3.05) is 0 Å². The number of hydrogen-bond donors (Lipinski definition) is 1. The molecule has 0 amide bonds. The molecular formula is C16H14F2O2. The van der Waals surface area contributed by atoms with Gasteiger partial charge >= 0.3 is 5.97 Å². The van der Waals surface area contributed by atoms with Gasteiger partial charge in [0.25, 0.3) is 0 Å². The summed E-state index contributed by atoms with van der Waals surface area (Å²) in [5, 5.41) is 9.32. The van der Waals surface area contributed by atoms with Crippen molar-refractivity contribution in [1.82, 2.24) is 0 Å². The highest BCUT2D eigenvalue weighted by molar-refractivity contribution is 5.76. The molecule has 2 aromatic rings. The maximum atomic E-state index is 13.3. The zero-order chi connectivity index (χ0) is 14.7. The van der Waals surface area contributed by atoms with Gasteiger partial charge < -0.3 is 5.11 Å². The van der Waals surface area contributed by atoms with Crippen molar-refractivity contribution in [1.29, 1.82) is 0 Å². The lowest BCUT2D eigenvalue weighted by Gasteiger charge is -2.14. The highest BCUT2D eigenvalue weighted by Crippen LogP contribution is 2.24. The largest absolute Gasteiger partial charge is 0.481 e. The number of halogens is 2. The van der Waals surface area contributed by atoms with Crippen molar-refractivity contribution < 1.29 is 18.7 Å². The second-order valence-corrected chi connectivity index (χ2v) is 4.72. The van der Waals surface area contributed by atoms with Crippen LogP contribution in [0.3, 0.4) is 0 Å². The molecule has 2 nitrogen and oxygen atoms in total. The molecule has 2 aromatic carbocycles. The summed E-state index contributed by atoms with van der Waals surface area (Å²) in [7, 11) is 0. The fourth-order valence-corrected chi connectivity index (χ4v) is 2.15. The van der Waals surface area contributed by atoms with Crippen molar-refractivity contribution in [3.8, 4) is 0 Å². The molecule has 0 heterocycles. The number of carbonyl (C=O) groups is 1. The number of aliphatic carboxylic acids is 1. The van der Waals surface area contributed by atoms with E-state index < -0.39 is 23.5 Å². The molecule has 1 unspecified atom stereocenters. The van der Waals surface area contributed by atoms with Crippen LogP contribution in [0.25, 0.3) is 0 Å². The molecule has 0 saturated carbocycles. The Morgan fingerprint density at radius 2 is 1.85 bits per heavy atom. The van der Waals surface area contributed by atoms with Gasteiger partial charge in [0, 0.05) is 0 Å². The van der Waals surface area contributed by atoms with Gasteiger partial charge in [-0.2, -0.15) is 0 Å². The Morgan fingerprint density at radius 3 is 2.50 bits per heavy atom. The standard InChI is InChI=1S/C16H14F2O2/c1-10-5-6-14(18)8-12(10)9-15(16(19)20)11-3-2-4-13(17)7-11/h2-8,15H,9H2,1H3,(H,19,20). The van der Waals surface area contributed by atoms with Crippen LogP contribution in [0.4, 0.5) is 8.78 Å². The maximum absolute atomic E-state index is 13.3. The van der Waals surface area contributed by atoms with Gasteiger partial charge in [0.2, 0.25) is 0 Å². The van der Waals surface area contributed by atoms with E-state index in [1.54, 1.807) is 19.1 Å². The molecule has 1 N–H and O–H groups in total. The first-order valence-electron chi connectivity index (χ1n) is 6.20. The van der Waals surface area contributed by atoms with Crippen molar-refractivity contribution >= 4 is 5.97 Å². The minimum Gasteiger partial charge on any atom is -0.481 e. The molecule has 4 heteroatoms. The summed E-state index contributed by atoms with van der Waals surface area (Å²) in [6, 6.07) is 9.76. The van der Waals surface area contributed by atoms with Gasteiger partial charge in [-0.1, -0.05) is 18.2 Å². The van der Waals surface area contributed by atoms with E-state index in [9.17, 15) is 18.7 Å². The third-order valence-electron chi connectivity index (χ3n) is 3.28. The number of hydrogen-bond acceptors (Lipinski definition) is 1. The highest BCUT2D eigenvalue weighted by atomic mass is 19.1. The van der Waals surface area contributed by atoms with E-state index >= 15 is 0 Å². The predicted molar refractivity (Wildman–Crippen MR) is 71.6 cm³/mol. The van der Waals surface area contributed by atoms with Gasteiger partial charge in [0.1, 0.15) is 11.6 Å². The lowest BCUT2D eigenvalue weighted by molar-refractivity contribution is -0.138. The second kappa shape index (κ2) is 5.82. The zero-order valence-electron chi connectivity index (χ0n) is 10.9. The molecule has 20 heavy (non-hydrogen) atoms. The normalized spacial score (nSPS) is 12.2. The summed E-state index contributed by atoms with van der Waals surface area (Å²) < 4.78 is 26.5. The van der Waals surface area contributed by atoms with Gasteiger partial charge in [0.15, 0.2) is 0 Å². The van der Waals surface area contributed by atoms with Crippen LogP contribution >= 0.6 is 0 Å². The van der Waals surface area contributed by atoms with Crippen LogP contribution < -0.4 is 0 Å². The predicted octanol–water partition coefficient (Wildman–Crippen LogP) is 3.68. The Morgan fingerprint density at radius 1 is 1.15 bits per heavy atom. The van der Waals surface area contributed by atoms with E-state index in [0.29, 0.717) is 11.1 Å². The van der Waals surface area contributed by atoms with E-state index in [1.807, 2.05) is 0 Å². The summed E-state index contributed by atoms with van der Waals surface area (Å²) in [4.78, 5) is 11.4. The lowest BCUT2D eigenvalue weighted by Crippen LogP contribution is -2.15. The second-order valence-electron chi connectivity index (χ2n) is 4.72. The van der Waals surface area contributed by atoms with Gasteiger partial charge in [-0.05, 0) is 54.3 Å². The summed E-state index contributed by atoms with van der Waals surface area (Å²) in [6.07, 6.45) is 0.127. The summed E-state index contributed by atoms with van der Waals surface area (Å²) in [6.45, 7) is 1.79. The molecule has 0 fully saturated rings. The maximum Gasteiger partial charge on any atom is 0.311 e. The quantitative estimate of drug-likeness (QED) is 0.924. The van der Waals surface area contributed by atoms with Crippen molar-refractivity contribution in [3.63, 3.8) is 0 Å². The van der Waals surface area contributed by atoms with Crippen LogP contribution in [0, 0.1) is 18.6 Å². The van der Waals surface area contributed by atoms with Gasteiger partial charge in [-0.3, -0.25) is 4.79 Å². The summed E-state index contributed by atoms with van der Waals surface area (Å²) in [5.74, 6) is -2.84. The van der Waals surface area contributed by atoms with Crippen LogP contribution in [0.15, 0.2) is 42.5 Å². The molecule has 0 aliphatic heterocycles. The number of carboxylic acid groups (broad SMARTS) is 1. The third kappa shape index (κ3) is 3.20. The summed E-state index contributed by atoms with van der Waals surface area (Å²) in [5.41, 5.74) is 1.80. The monoisotopic (exact) mass is 276 g/mol. The van der Waals surface area contributed by atoms with Crippen LogP contribution in [0.5, 0.6) is 0 Å². The van der Waals surface area contributed by atoms with Crippen LogP contribution in [-0.2, 0) is 11.2 Å². The number of aryl methyl sites for hydroxylation is 1. The number of benzene rings is 2. The molecule has 0 aromatic heterocycles. The fourth-order valence-electron chi connectivity index (χ4n) is 2.15. The molecule has 0 saturated heterocycles. The minimum absolute atomic E-state index is 0.127.